The third-order valence-electron chi connectivity index (χ3n) is 2.98. The molecule has 1 saturated heterocycles. The molecule has 118 valence electrons. The molecule has 1 aromatic carbocycles. The van der Waals surface area contributed by atoms with E-state index >= 15 is 0 Å². The lowest BCUT2D eigenvalue weighted by molar-refractivity contribution is -0.125. The highest BCUT2D eigenvalue weighted by molar-refractivity contribution is 8.14. The Balaban J connectivity index is 1.78. The van der Waals surface area contributed by atoms with Crippen molar-refractivity contribution < 1.29 is 14.4 Å². The highest BCUT2D eigenvalue weighted by Gasteiger charge is 2.29. The summed E-state index contributed by atoms with van der Waals surface area (Å²) in [6.07, 6.45) is 0. The third kappa shape index (κ3) is 4.41. The van der Waals surface area contributed by atoms with Crippen LogP contribution in [0.3, 0.4) is 0 Å². The van der Waals surface area contributed by atoms with Gasteiger partial charge >= 0.3 is 0 Å². The van der Waals surface area contributed by atoms with Gasteiger partial charge in [0.05, 0.1) is 16.0 Å². The molecule has 1 aliphatic rings. The van der Waals surface area contributed by atoms with E-state index < -0.39 is 0 Å². The summed E-state index contributed by atoms with van der Waals surface area (Å²) < 4.78 is 0. The number of carbonyl (C=O) groups is 3. The van der Waals surface area contributed by atoms with Gasteiger partial charge in [-0.3, -0.25) is 19.3 Å². The van der Waals surface area contributed by atoms with Crippen LogP contribution in [0.1, 0.15) is 6.92 Å². The second-order valence-corrected chi connectivity index (χ2v) is 7.30. The van der Waals surface area contributed by atoms with Crippen molar-refractivity contribution in [3.63, 3.8) is 0 Å². The maximum atomic E-state index is 12.0. The van der Waals surface area contributed by atoms with E-state index in [2.05, 4.69) is 5.32 Å². The van der Waals surface area contributed by atoms with Gasteiger partial charge in [-0.1, -0.05) is 35.5 Å². The Morgan fingerprint density at radius 2 is 2.18 bits per heavy atom. The zero-order valence-corrected chi connectivity index (χ0v) is 14.3. The molecule has 0 unspecified atom stereocenters. The fourth-order valence-electron chi connectivity index (χ4n) is 1.82. The summed E-state index contributed by atoms with van der Waals surface area (Å²) in [6.45, 7) is 2.25. The zero-order chi connectivity index (χ0) is 16.1. The average molecular weight is 359 g/mol. The summed E-state index contributed by atoms with van der Waals surface area (Å²) in [4.78, 5) is 36.9. The summed E-state index contributed by atoms with van der Waals surface area (Å²) in [7, 11) is 0. The lowest BCUT2D eigenvalue weighted by Crippen LogP contribution is -2.39. The van der Waals surface area contributed by atoms with E-state index in [0.717, 1.165) is 21.6 Å². The molecule has 1 aromatic rings. The van der Waals surface area contributed by atoms with Gasteiger partial charge in [-0.2, -0.15) is 0 Å². The minimum atomic E-state index is -0.320. The standard InChI is InChI=1S/C14H15ClN2O3S2/c1-9(22-11-5-3-2-4-10(11)15)13(19)16-6-7-17-12(18)8-21-14(17)20/h2-5,9H,6-8H2,1H3,(H,16,19)/t9-/m0/s1. The molecule has 1 aliphatic heterocycles. The van der Waals surface area contributed by atoms with Crippen LogP contribution in [0.25, 0.3) is 0 Å². The number of imide groups is 1. The second-order valence-electron chi connectivity index (χ2n) is 4.58. The van der Waals surface area contributed by atoms with Crippen molar-refractivity contribution in [2.24, 2.45) is 0 Å². The predicted molar refractivity (Wildman–Crippen MR) is 89.3 cm³/mol. The molecule has 1 heterocycles. The fourth-order valence-corrected chi connectivity index (χ4v) is 3.75. The van der Waals surface area contributed by atoms with E-state index in [1.807, 2.05) is 18.2 Å². The number of nitrogens with zero attached hydrogens (tertiary/aromatic N) is 1. The Morgan fingerprint density at radius 1 is 1.45 bits per heavy atom. The highest BCUT2D eigenvalue weighted by Crippen LogP contribution is 2.29. The van der Waals surface area contributed by atoms with Crippen LogP contribution in [-0.4, -0.2) is 46.0 Å². The number of amides is 3. The molecular formula is C14H15ClN2O3S2. The average Bonchev–Trinajstić information content (AvgIpc) is 2.81. The van der Waals surface area contributed by atoms with Crippen molar-refractivity contribution in [2.75, 3.05) is 18.8 Å². The largest absolute Gasteiger partial charge is 0.353 e. The van der Waals surface area contributed by atoms with Crippen LogP contribution in [0, 0.1) is 0 Å². The molecule has 5 nitrogen and oxygen atoms in total. The minimum absolute atomic E-state index is 0.156. The van der Waals surface area contributed by atoms with E-state index in [9.17, 15) is 14.4 Å². The molecule has 1 atom stereocenters. The monoisotopic (exact) mass is 358 g/mol. The summed E-state index contributed by atoms with van der Waals surface area (Å²) in [6, 6.07) is 7.33. The lowest BCUT2D eigenvalue weighted by atomic mass is 10.4. The Labute approximate surface area is 142 Å². The summed E-state index contributed by atoms with van der Waals surface area (Å²) in [5.41, 5.74) is 0. The normalized spacial score (nSPS) is 16.0. The van der Waals surface area contributed by atoms with Gasteiger partial charge in [0.1, 0.15) is 0 Å². The number of carbonyl (C=O) groups excluding carboxylic acids is 3. The van der Waals surface area contributed by atoms with E-state index in [1.54, 1.807) is 13.0 Å². The van der Waals surface area contributed by atoms with Gasteiger partial charge in [0.15, 0.2) is 0 Å². The maximum absolute atomic E-state index is 12.0. The van der Waals surface area contributed by atoms with Crippen molar-refractivity contribution >= 4 is 52.2 Å². The van der Waals surface area contributed by atoms with Gasteiger partial charge in [-0.25, -0.2) is 0 Å². The summed E-state index contributed by atoms with van der Waals surface area (Å²) in [5.74, 6) is -0.176. The first-order valence-corrected chi connectivity index (χ1v) is 8.89. The first-order valence-electron chi connectivity index (χ1n) is 6.65. The van der Waals surface area contributed by atoms with Crippen LogP contribution in [-0.2, 0) is 9.59 Å². The van der Waals surface area contributed by atoms with E-state index in [-0.39, 0.29) is 41.1 Å². The van der Waals surface area contributed by atoms with Crippen LogP contribution in [0.5, 0.6) is 0 Å². The highest BCUT2D eigenvalue weighted by atomic mass is 35.5. The van der Waals surface area contributed by atoms with Crippen LogP contribution >= 0.6 is 35.1 Å². The lowest BCUT2D eigenvalue weighted by Gasteiger charge is -2.15. The number of benzene rings is 1. The molecule has 0 aliphatic carbocycles. The molecule has 1 fully saturated rings. The number of hydrogen-bond acceptors (Lipinski definition) is 5. The van der Waals surface area contributed by atoms with Crippen LogP contribution < -0.4 is 5.32 Å². The molecule has 1 N–H and O–H groups in total. The fraction of sp³-hybridized carbons (Fsp3) is 0.357. The van der Waals surface area contributed by atoms with E-state index in [0.29, 0.717) is 5.02 Å². The van der Waals surface area contributed by atoms with Crippen molar-refractivity contribution in [2.45, 2.75) is 17.1 Å². The van der Waals surface area contributed by atoms with Gasteiger partial charge in [0, 0.05) is 18.0 Å². The predicted octanol–water partition coefficient (Wildman–Crippen LogP) is 2.63. The zero-order valence-electron chi connectivity index (χ0n) is 11.9. The molecule has 22 heavy (non-hydrogen) atoms. The smallest absolute Gasteiger partial charge is 0.288 e. The summed E-state index contributed by atoms with van der Waals surface area (Å²) in [5, 5.41) is 2.77. The van der Waals surface area contributed by atoms with Crippen molar-refractivity contribution in [3.05, 3.63) is 29.3 Å². The maximum Gasteiger partial charge on any atom is 0.288 e. The Kier molecular flexibility index (Phi) is 6.16. The first-order chi connectivity index (χ1) is 10.5. The van der Waals surface area contributed by atoms with Crippen LogP contribution in [0.4, 0.5) is 4.79 Å². The topological polar surface area (TPSA) is 66.5 Å². The first kappa shape index (κ1) is 17.2. The van der Waals surface area contributed by atoms with Gasteiger partial charge in [0.2, 0.25) is 11.8 Å². The molecule has 8 heteroatoms. The molecular weight excluding hydrogens is 344 g/mol. The molecule has 0 bridgehead atoms. The molecule has 0 aromatic heterocycles. The number of rotatable bonds is 6. The van der Waals surface area contributed by atoms with Gasteiger partial charge in [-0.05, 0) is 19.1 Å². The number of thioether (sulfide) groups is 2. The molecule has 2 rings (SSSR count). The molecule has 0 spiro atoms. The Bertz CT molecular complexity index is 581. The van der Waals surface area contributed by atoms with Crippen molar-refractivity contribution in [1.82, 2.24) is 10.2 Å². The summed E-state index contributed by atoms with van der Waals surface area (Å²) >= 11 is 8.41. The number of nitrogens with one attached hydrogen (secondary N) is 1. The second kappa shape index (κ2) is 7.89. The van der Waals surface area contributed by atoms with Gasteiger partial charge < -0.3 is 5.32 Å². The van der Waals surface area contributed by atoms with E-state index in [4.69, 9.17) is 11.6 Å². The van der Waals surface area contributed by atoms with Crippen LogP contribution in [0.15, 0.2) is 29.2 Å². The number of hydrogen-bond donors (Lipinski definition) is 1. The minimum Gasteiger partial charge on any atom is -0.353 e. The van der Waals surface area contributed by atoms with Gasteiger partial charge in [0.25, 0.3) is 5.24 Å². The Morgan fingerprint density at radius 3 is 2.82 bits per heavy atom. The molecule has 0 radical (unpaired) electrons. The number of halogens is 1. The van der Waals surface area contributed by atoms with Crippen LogP contribution in [0.2, 0.25) is 5.02 Å². The quantitative estimate of drug-likeness (QED) is 0.792. The SMILES string of the molecule is C[C@H](Sc1ccccc1Cl)C(=O)NCCN1C(=O)CSC1=O. The van der Waals surface area contributed by atoms with Crippen molar-refractivity contribution in [3.8, 4) is 0 Å². The van der Waals surface area contributed by atoms with E-state index in [1.165, 1.54) is 11.8 Å². The van der Waals surface area contributed by atoms with Gasteiger partial charge in [-0.15, -0.1) is 11.8 Å². The molecule has 0 saturated carbocycles. The molecule has 3 amide bonds. The van der Waals surface area contributed by atoms with Crippen molar-refractivity contribution in [1.29, 1.82) is 0 Å². The Hall–Kier alpha value is -1.18. The third-order valence-corrected chi connectivity index (χ3v) is 5.46.